The molecule has 1 rings (SSSR count). The highest BCUT2D eigenvalue weighted by Gasteiger charge is 2.24. The molecule has 0 bridgehead atoms. The van der Waals surface area contributed by atoms with Gasteiger partial charge in [-0.05, 0) is 18.9 Å². The van der Waals surface area contributed by atoms with Crippen molar-refractivity contribution in [2.75, 3.05) is 19.6 Å². The van der Waals surface area contributed by atoms with E-state index in [2.05, 4.69) is 18.7 Å². The summed E-state index contributed by atoms with van der Waals surface area (Å²) in [6, 6.07) is 0. The smallest absolute Gasteiger partial charge is 0.125 e. The van der Waals surface area contributed by atoms with Crippen LogP contribution in [0.25, 0.3) is 0 Å². The molecule has 0 spiro atoms. The first-order valence-corrected chi connectivity index (χ1v) is 5.05. The fraction of sp³-hybridized carbons (Fsp3) is 1.00. The van der Waals surface area contributed by atoms with Gasteiger partial charge in [-0.1, -0.05) is 26.7 Å². The van der Waals surface area contributed by atoms with E-state index < -0.39 is 6.17 Å². The SMILES string of the molecule is CC(C)CCCCN1CC(F)C1. The Morgan fingerprint density at radius 1 is 1.33 bits per heavy atom. The zero-order valence-electron chi connectivity index (χ0n) is 8.22. The van der Waals surface area contributed by atoms with Crippen molar-refractivity contribution in [3.8, 4) is 0 Å². The van der Waals surface area contributed by atoms with Crippen LogP contribution < -0.4 is 0 Å². The summed E-state index contributed by atoms with van der Waals surface area (Å²) in [7, 11) is 0. The Kier molecular flexibility index (Phi) is 3.99. The average molecular weight is 173 g/mol. The number of nitrogens with zero attached hydrogens (tertiary/aromatic N) is 1. The van der Waals surface area contributed by atoms with Crippen LogP contribution in [0.2, 0.25) is 0 Å². The molecule has 72 valence electrons. The fourth-order valence-corrected chi connectivity index (χ4v) is 1.58. The largest absolute Gasteiger partial charge is 0.297 e. The number of alkyl halides is 1. The summed E-state index contributed by atoms with van der Waals surface area (Å²) < 4.78 is 12.4. The van der Waals surface area contributed by atoms with Gasteiger partial charge in [-0.15, -0.1) is 0 Å². The normalized spacial score (nSPS) is 20.0. The molecule has 1 heterocycles. The van der Waals surface area contributed by atoms with Crippen molar-refractivity contribution >= 4 is 0 Å². The highest BCUT2D eigenvalue weighted by Crippen LogP contribution is 2.13. The maximum absolute atomic E-state index is 12.4. The zero-order chi connectivity index (χ0) is 8.97. The summed E-state index contributed by atoms with van der Waals surface area (Å²) in [6.07, 6.45) is 3.32. The van der Waals surface area contributed by atoms with Gasteiger partial charge in [0.15, 0.2) is 0 Å². The summed E-state index contributed by atoms with van der Waals surface area (Å²) in [5, 5.41) is 0. The number of unbranched alkanes of at least 4 members (excludes halogenated alkanes) is 1. The molecule has 0 aliphatic carbocycles. The van der Waals surface area contributed by atoms with Crippen LogP contribution in [0.4, 0.5) is 4.39 Å². The first kappa shape index (κ1) is 9.97. The van der Waals surface area contributed by atoms with Crippen molar-refractivity contribution in [2.24, 2.45) is 5.92 Å². The fourth-order valence-electron chi connectivity index (χ4n) is 1.58. The lowest BCUT2D eigenvalue weighted by Crippen LogP contribution is -2.48. The van der Waals surface area contributed by atoms with Gasteiger partial charge < -0.3 is 0 Å². The van der Waals surface area contributed by atoms with Crippen molar-refractivity contribution in [2.45, 2.75) is 39.3 Å². The number of hydrogen-bond acceptors (Lipinski definition) is 1. The third kappa shape index (κ3) is 3.53. The Morgan fingerprint density at radius 2 is 2.00 bits per heavy atom. The molecular weight excluding hydrogens is 153 g/mol. The summed E-state index contributed by atoms with van der Waals surface area (Å²) in [6.45, 7) is 6.97. The van der Waals surface area contributed by atoms with E-state index in [1.807, 2.05) is 0 Å². The molecule has 12 heavy (non-hydrogen) atoms. The van der Waals surface area contributed by atoms with Crippen molar-refractivity contribution in [3.05, 3.63) is 0 Å². The van der Waals surface area contributed by atoms with Crippen LogP contribution in [0, 0.1) is 5.92 Å². The maximum Gasteiger partial charge on any atom is 0.125 e. The van der Waals surface area contributed by atoms with Crippen molar-refractivity contribution in [1.29, 1.82) is 0 Å². The maximum atomic E-state index is 12.4. The lowest BCUT2D eigenvalue weighted by molar-refractivity contribution is 0.0641. The predicted octanol–water partition coefficient (Wildman–Crippen LogP) is 2.47. The van der Waals surface area contributed by atoms with Crippen LogP contribution in [0.1, 0.15) is 33.1 Å². The highest BCUT2D eigenvalue weighted by atomic mass is 19.1. The minimum absolute atomic E-state index is 0.532. The molecule has 1 fully saturated rings. The Morgan fingerprint density at radius 3 is 2.50 bits per heavy atom. The van der Waals surface area contributed by atoms with Gasteiger partial charge in [0.05, 0.1) is 0 Å². The van der Waals surface area contributed by atoms with Gasteiger partial charge in [0.2, 0.25) is 0 Å². The monoisotopic (exact) mass is 173 g/mol. The van der Waals surface area contributed by atoms with E-state index in [9.17, 15) is 4.39 Å². The van der Waals surface area contributed by atoms with Crippen LogP contribution in [0.15, 0.2) is 0 Å². The molecule has 0 atom stereocenters. The molecule has 0 aromatic carbocycles. The molecule has 0 saturated carbocycles. The van der Waals surface area contributed by atoms with Gasteiger partial charge in [-0.2, -0.15) is 0 Å². The van der Waals surface area contributed by atoms with Crippen molar-refractivity contribution < 1.29 is 4.39 Å². The predicted molar refractivity (Wildman–Crippen MR) is 50.0 cm³/mol. The molecule has 0 unspecified atom stereocenters. The van der Waals surface area contributed by atoms with E-state index >= 15 is 0 Å². The van der Waals surface area contributed by atoms with Crippen LogP contribution in [0.5, 0.6) is 0 Å². The Hall–Kier alpha value is -0.110. The summed E-state index contributed by atoms with van der Waals surface area (Å²) >= 11 is 0. The highest BCUT2D eigenvalue weighted by molar-refractivity contribution is 4.78. The van der Waals surface area contributed by atoms with Gasteiger partial charge in [0, 0.05) is 13.1 Å². The third-order valence-electron chi connectivity index (χ3n) is 2.42. The first-order valence-electron chi connectivity index (χ1n) is 5.05. The van der Waals surface area contributed by atoms with E-state index in [1.54, 1.807) is 0 Å². The van der Waals surface area contributed by atoms with Crippen LogP contribution in [0.3, 0.4) is 0 Å². The van der Waals surface area contributed by atoms with E-state index in [-0.39, 0.29) is 0 Å². The minimum atomic E-state index is -0.532. The topological polar surface area (TPSA) is 3.24 Å². The van der Waals surface area contributed by atoms with E-state index in [4.69, 9.17) is 0 Å². The number of rotatable bonds is 5. The summed E-state index contributed by atoms with van der Waals surface area (Å²) in [4.78, 5) is 2.20. The molecule has 1 aliphatic rings. The third-order valence-corrected chi connectivity index (χ3v) is 2.42. The Labute approximate surface area is 74.9 Å². The van der Waals surface area contributed by atoms with E-state index in [1.165, 1.54) is 19.3 Å². The molecule has 0 aromatic heterocycles. The Balaban J connectivity index is 1.83. The molecule has 1 saturated heterocycles. The molecule has 0 N–H and O–H groups in total. The standard InChI is InChI=1S/C10H20FN/c1-9(2)5-3-4-6-12-7-10(11)8-12/h9-10H,3-8H2,1-2H3. The zero-order valence-corrected chi connectivity index (χ0v) is 8.22. The van der Waals surface area contributed by atoms with Crippen molar-refractivity contribution in [3.63, 3.8) is 0 Å². The molecule has 1 aliphatic heterocycles. The number of hydrogen-bond donors (Lipinski definition) is 0. The second-order valence-electron chi connectivity index (χ2n) is 4.25. The number of halogens is 1. The average Bonchev–Trinajstić information content (AvgIpc) is 1.93. The van der Waals surface area contributed by atoms with Gasteiger partial charge in [-0.25, -0.2) is 4.39 Å². The number of likely N-dealkylation sites (tertiary alicyclic amines) is 1. The van der Waals surface area contributed by atoms with Gasteiger partial charge in [-0.3, -0.25) is 4.90 Å². The Bertz CT molecular complexity index is 119. The molecule has 0 radical (unpaired) electrons. The molecule has 2 heteroatoms. The second-order valence-corrected chi connectivity index (χ2v) is 4.25. The van der Waals surface area contributed by atoms with Gasteiger partial charge in [0.1, 0.15) is 6.17 Å². The summed E-state index contributed by atoms with van der Waals surface area (Å²) in [5.74, 6) is 0.815. The lowest BCUT2D eigenvalue weighted by atomic mass is 10.1. The molecule has 0 amide bonds. The van der Waals surface area contributed by atoms with Gasteiger partial charge >= 0.3 is 0 Å². The van der Waals surface area contributed by atoms with Crippen molar-refractivity contribution in [1.82, 2.24) is 4.90 Å². The van der Waals surface area contributed by atoms with Crippen LogP contribution >= 0.6 is 0 Å². The van der Waals surface area contributed by atoms with Crippen LogP contribution in [-0.4, -0.2) is 30.7 Å². The molecule has 1 nitrogen and oxygen atoms in total. The van der Waals surface area contributed by atoms with E-state index in [0.717, 1.165) is 12.5 Å². The lowest BCUT2D eigenvalue weighted by Gasteiger charge is -2.34. The second kappa shape index (κ2) is 4.80. The quantitative estimate of drug-likeness (QED) is 0.577. The van der Waals surface area contributed by atoms with E-state index in [0.29, 0.717) is 13.1 Å². The first-order chi connectivity index (χ1) is 5.68. The van der Waals surface area contributed by atoms with Crippen LogP contribution in [-0.2, 0) is 0 Å². The van der Waals surface area contributed by atoms with Gasteiger partial charge in [0.25, 0.3) is 0 Å². The summed E-state index contributed by atoms with van der Waals surface area (Å²) in [5.41, 5.74) is 0. The molecule has 0 aromatic rings. The molecular formula is C10H20FN. The minimum Gasteiger partial charge on any atom is -0.297 e.